The Labute approximate surface area is 142 Å². The first-order valence-electron chi connectivity index (χ1n) is 8.28. The minimum absolute atomic E-state index is 0.0862. The minimum Gasteiger partial charge on any atom is -0.489 e. The van der Waals surface area contributed by atoms with Gasteiger partial charge in [-0.05, 0) is 42.7 Å². The fourth-order valence-corrected chi connectivity index (χ4v) is 2.38. The highest BCUT2D eigenvalue weighted by atomic mass is 16.5. The summed E-state index contributed by atoms with van der Waals surface area (Å²) in [5.41, 5.74) is 1.77. The van der Waals surface area contributed by atoms with Crippen molar-refractivity contribution in [2.24, 2.45) is 0 Å². The van der Waals surface area contributed by atoms with Crippen LogP contribution in [-0.4, -0.2) is 28.7 Å². The van der Waals surface area contributed by atoms with Crippen molar-refractivity contribution in [3.8, 4) is 5.75 Å². The molecule has 1 atom stereocenters. The third kappa shape index (κ3) is 6.14. The van der Waals surface area contributed by atoms with Gasteiger partial charge in [0.1, 0.15) is 12.4 Å². The number of aliphatic hydroxyl groups is 2. The lowest BCUT2D eigenvalue weighted by molar-refractivity contribution is 0.0847. The standard InChI is InChI=1S/C20H24O4/c21-14-18(22)8-4-5-9-20(23)17-10-12-19(13-11-17)24-15-16-6-2-1-3-7-16/h1-3,6-7,10-13,18,21-22H,4-5,8-9,14-15H2. The lowest BCUT2D eigenvalue weighted by Gasteiger charge is -2.08. The molecule has 0 spiro atoms. The molecule has 2 rings (SSSR count). The first kappa shape index (κ1) is 18.2. The second-order valence-electron chi connectivity index (χ2n) is 5.80. The molecule has 0 aliphatic carbocycles. The van der Waals surface area contributed by atoms with Crippen molar-refractivity contribution in [3.05, 3.63) is 65.7 Å². The molecule has 2 aromatic rings. The van der Waals surface area contributed by atoms with Gasteiger partial charge in [0.05, 0.1) is 12.7 Å². The lowest BCUT2D eigenvalue weighted by Crippen LogP contribution is -2.11. The zero-order valence-corrected chi connectivity index (χ0v) is 13.7. The largest absolute Gasteiger partial charge is 0.489 e. The summed E-state index contributed by atoms with van der Waals surface area (Å²) in [7, 11) is 0. The molecule has 2 aromatic carbocycles. The molecular formula is C20H24O4. The first-order valence-corrected chi connectivity index (χ1v) is 8.28. The number of unbranched alkanes of at least 4 members (excludes halogenated alkanes) is 1. The van der Waals surface area contributed by atoms with Crippen molar-refractivity contribution in [1.29, 1.82) is 0 Å². The molecule has 0 aliphatic heterocycles. The Morgan fingerprint density at radius 2 is 1.71 bits per heavy atom. The number of rotatable bonds is 10. The summed E-state index contributed by atoms with van der Waals surface area (Å²) in [5.74, 6) is 0.824. The molecule has 1 unspecified atom stereocenters. The second kappa shape index (κ2) is 9.85. The zero-order chi connectivity index (χ0) is 17.2. The fourth-order valence-electron chi connectivity index (χ4n) is 2.38. The van der Waals surface area contributed by atoms with Gasteiger partial charge < -0.3 is 14.9 Å². The molecule has 128 valence electrons. The minimum atomic E-state index is -0.679. The molecule has 0 fully saturated rings. The van der Waals surface area contributed by atoms with E-state index in [-0.39, 0.29) is 12.4 Å². The van der Waals surface area contributed by atoms with Crippen LogP contribution in [0.1, 0.15) is 41.6 Å². The summed E-state index contributed by atoms with van der Waals surface area (Å²) in [4.78, 5) is 12.1. The highest BCUT2D eigenvalue weighted by Gasteiger charge is 2.07. The van der Waals surface area contributed by atoms with Crippen molar-refractivity contribution < 1.29 is 19.7 Å². The molecule has 0 saturated heterocycles. The number of benzene rings is 2. The van der Waals surface area contributed by atoms with Crippen LogP contribution >= 0.6 is 0 Å². The highest BCUT2D eigenvalue weighted by molar-refractivity contribution is 5.96. The maximum Gasteiger partial charge on any atom is 0.162 e. The molecule has 0 aromatic heterocycles. The van der Waals surface area contributed by atoms with Crippen LogP contribution in [0.2, 0.25) is 0 Å². The quantitative estimate of drug-likeness (QED) is 0.518. The van der Waals surface area contributed by atoms with Gasteiger partial charge in [0.2, 0.25) is 0 Å². The number of carbonyl (C=O) groups excluding carboxylic acids is 1. The summed E-state index contributed by atoms with van der Waals surface area (Å²) < 4.78 is 5.70. The molecule has 0 bridgehead atoms. The number of Topliss-reactive ketones (excluding diaryl/α,β-unsaturated/α-hetero) is 1. The molecular weight excluding hydrogens is 304 g/mol. The van der Waals surface area contributed by atoms with Crippen molar-refractivity contribution in [2.75, 3.05) is 6.61 Å². The van der Waals surface area contributed by atoms with E-state index >= 15 is 0 Å². The number of aliphatic hydroxyl groups excluding tert-OH is 2. The topological polar surface area (TPSA) is 66.8 Å². The molecule has 0 radical (unpaired) electrons. The van der Waals surface area contributed by atoms with Crippen LogP contribution in [0.25, 0.3) is 0 Å². The van der Waals surface area contributed by atoms with Crippen LogP contribution in [0.4, 0.5) is 0 Å². The molecule has 4 heteroatoms. The molecule has 0 heterocycles. The first-order chi connectivity index (χ1) is 11.7. The van der Waals surface area contributed by atoms with E-state index in [9.17, 15) is 9.90 Å². The summed E-state index contributed by atoms with van der Waals surface area (Å²) in [6.07, 6.45) is 1.73. The molecule has 0 amide bonds. The van der Waals surface area contributed by atoms with Crippen molar-refractivity contribution in [1.82, 2.24) is 0 Å². The van der Waals surface area contributed by atoms with E-state index < -0.39 is 6.10 Å². The van der Waals surface area contributed by atoms with Crippen LogP contribution in [-0.2, 0) is 6.61 Å². The van der Waals surface area contributed by atoms with Crippen molar-refractivity contribution in [3.63, 3.8) is 0 Å². The highest BCUT2D eigenvalue weighted by Crippen LogP contribution is 2.16. The van der Waals surface area contributed by atoms with Gasteiger partial charge in [-0.25, -0.2) is 0 Å². The van der Waals surface area contributed by atoms with E-state index in [1.807, 2.05) is 42.5 Å². The van der Waals surface area contributed by atoms with Crippen LogP contribution in [0.15, 0.2) is 54.6 Å². The average molecular weight is 328 g/mol. The third-order valence-corrected chi connectivity index (χ3v) is 3.83. The molecule has 0 aliphatic rings. The Balaban J connectivity index is 1.75. The SMILES string of the molecule is O=C(CCCCC(O)CO)c1ccc(OCc2ccccc2)cc1. The monoisotopic (exact) mass is 328 g/mol. The smallest absolute Gasteiger partial charge is 0.162 e. The molecule has 4 nitrogen and oxygen atoms in total. The van der Waals surface area contributed by atoms with Gasteiger partial charge in [0.15, 0.2) is 5.78 Å². The Morgan fingerprint density at radius 1 is 1.00 bits per heavy atom. The number of hydrogen-bond acceptors (Lipinski definition) is 4. The maximum absolute atomic E-state index is 12.1. The van der Waals surface area contributed by atoms with E-state index in [1.165, 1.54) is 0 Å². The average Bonchev–Trinajstić information content (AvgIpc) is 2.64. The molecule has 2 N–H and O–H groups in total. The van der Waals surface area contributed by atoms with Gasteiger partial charge in [0, 0.05) is 12.0 Å². The normalized spacial score (nSPS) is 11.9. The number of hydrogen-bond donors (Lipinski definition) is 2. The number of carbonyl (C=O) groups is 1. The fraction of sp³-hybridized carbons (Fsp3) is 0.350. The summed E-state index contributed by atoms with van der Waals surface area (Å²) in [6.45, 7) is 0.277. The number of ketones is 1. The molecule has 24 heavy (non-hydrogen) atoms. The predicted molar refractivity (Wildman–Crippen MR) is 93.1 cm³/mol. The van der Waals surface area contributed by atoms with Gasteiger partial charge >= 0.3 is 0 Å². The van der Waals surface area contributed by atoms with Crippen LogP contribution in [0, 0.1) is 0 Å². The van der Waals surface area contributed by atoms with Crippen molar-refractivity contribution in [2.45, 2.75) is 38.4 Å². The lowest BCUT2D eigenvalue weighted by atomic mass is 10.0. The van der Waals surface area contributed by atoms with E-state index in [4.69, 9.17) is 9.84 Å². The summed E-state index contributed by atoms with van der Waals surface area (Å²) in [5, 5.41) is 18.0. The van der Waals surface area contributed by atoms with Gasteiger partial charge in [-0.1, -0.05) is 36.8 Å². The third-order valence-electron chi connectivity index (χ3n) is 3.83. The summed E-state index contributed by atoms with van der Waals surface area (Å²) in [6, 6.07) is 17.1. The zero-order valence-electron chi connectivity index (χ0n) is 13.7. The van der Waals surface area contributed by atoms with E-state index in [0.29, 0.717) is 31.4 Å². The maximum atomic E-state index is 12.1. The Kier molecular flexibility index (Phi) is 7.46. The number of ether oxygens (including phenoxy) is 1. The predicted octanol–water partition coefficient (Wildman–Crippen LogP) is 3.36. The van der Waals surface area contributed by atoms with Crippen LogP contribution < -0.4 is 4.74 Å². The Morgan fingerprint density at radius 3 is 2.38 bits per heavy atom. The van der Waals surface area contributed by atoms with Gasteiger partial charge in [-0.2, -0.15) is 0 Å². The summed E-state index contributed by atoms with van der Waals surface area (Å²) >= 11 is 0. The van der Waals surface area contributed by atoms with Crippen LogP contribution in [0.3, 0.4) is 0 Å². The second-order valence-corrected chi connectivity index (χ2v) is 5.80. The van der Waals surface area contributed by atoms with E-state index in [0.717, 1.165) is 17.7 Å². The van der Waals surface area contributed by atoms with E-state index in [2.05, 4.69) is 0 Å². The Bertz CT molecular complexity index is 607. The van der Waals surface area contributed by atoms with E-state index in [1.54, 1.807) is 12.1 Å². The molecule has 0 saturated carbocycles. The van der Waals surface area contributed by atoms with Gasteiger partial charge in [-0.15, -0.1) is 0 Å². The van der Waals surface area contributed by atoms with Crippen molar-refractivity contribution >= 4 is 5.78 Å². The van der Waals surface area contributed by atoms with Crippen LogP contribution in [0.5, 0.6) is 5.75 Å². The van der Waals surface area contributed by atoms with Gasteiger partial charge in [-0.3, -0.25) is 4.79 Å². The Hall–Kier alpha value is -2.17. The van der Waals surface area contributed by atoms with Gasteiger partial charge in [0.25, 0.3) is 0 Å².